The van der Waals surface area contributed by atoms with E-state index in [1.807, 2.05) is 6.07 Å². The van der Waals surface area contributed by atoms with Crippen molar-refractivity contribution in [3.05, 3.63) is 18.0 Å². The fourth-order valence-electron chi connectivity index (χ4n) is 0.791. The van der Waals surface area contributed by atoms with Gasteiger partial charge in [-0.15, -0.1) is 0 Å². The summed E-state index contributed by atoms with van der Waals surface area (Å²) in [4.78, 5) is 0. The molecule has 0 bridgehead atoms. The van der Waals surface area contributed by atoms with Crippen molar-refractivity contribution in [1.82, 2.24) is 5.16 Å². The Morgan fingerprint density at radius 3 is 2.45 bits per heavy atom. The highest BCUT2D eigenvalue weighted by Gasteiger charge is 2.10. The number of hydrogen-bond donors (Lipinski definition) is 0. The van der Waals surface area contributed by atoms with Crippen molar-refractivity contribution in [3.63, 3.8) is 0 Å². The standard InChI is InChI=1S/C7H13N2O.HI/c1-9(2,3)6-7-4-5-8-10-7;/h4-5H,6H2,1-3H3;1H/q+1;/p-1. The van der Waals surface area contributed by atoms with Gasteiger partial charge in [0.05, 0.1) is 27.3 Å². The second kappa shape index (κ2) is 4.06. The van der Waals surface area contributed by atoms with Crippen molar-refractivity contribution in [1.29, 1.82) is 0 Å². The number of hydrogen-bond acceptors (Lipinski definition) is 2. The highest BCUT2D eigenvalue weighted by molar-refractivity contribution is 4.89. The molecule has 0 unspecified atom stereocenters. The van der Waals surface area contributed by atoms with Crippen LogP contribution in [0, 0.1) is 0 Å². The SMILES string of the molecule is C[N+](C)(C)Cc1ccno1.[I-]. The number of quaternary nitrogens is 1. The maximum atomic E-state index is 4.94. The van der Waals surface area contributed by atoms with E-state index in [9.17, 15) is 0 Å². The zero-order valence-corrected chi connectivity index (χ0v) is 9.20. The van der Waals surface area contributed by atoms with E-state index in [0.717, 1.165) is 16.8 Å². The lowest BCUT2D eigenvalue weighted by atomic mass is 10.4. The van der Waals surface area contributed by atoms with Gasteiger partial charge in [-0.25, -0.2) is 0 Å². The van der Waals surface area contributed by atoms with Crippen LogP contribution < -0.4 is 24.0 Å². The van der Waals surface area contributed by atoms with Crippen LogP contribution in [0.4, 0.5) is 0 Å². The van der Waals surface area contributed by atoms with E-state index in [1.165, 1.54) is 0 Å². The first-order valence-corrected chi connectivity index (χ1v) is 3.28. The zero-order valence-electron chi connectivity index (χ0n) is 7.04. The van der Waals surface area contributed by atoms with E-state index in [1.54, 1.807) is 6.20 Å². The van der Waals surface area contributed by atoms with Crippen LogP contribution in [0.1, 0.15) is 5.76 Å². The molecule has 0 atom stereocenters. The molecule has 1 rings (SSSR count). The molecular formula is C7H13IN2O. The van der Waals surface area contributed by atoms with Crippen molar-refractivity contribution in [2.75, 3.05) is 21.1 Å². The Kier molecular flexibility index (Phi) is 4.02. The highest BCUT2D eigenvalue weighted by atomic mass is 127. The summed E-state index contributed by atoms with van der Waals surface area (Å²) in [6.07, 6.45) is 1.67. The minimum atomic E-state index is 0. The predicted molar refractivity (Wildman–Crippen MR) is 38.2 cm³/mol. The smallest absolute Gasteiger partial charge is 0.190 e. The van der Waals surface area contributed by atoms with Gasteiger partial charge in [0.1, 0.15) is 6.54 Å². The first-order valence-electron chi connectivity index (χ1n) is 3.28. The predicted octanol–water partition coefficient (Wildman–Crippen LogP) is -2.12. The zero-order chi connectivity index (χ0) is 7.61. The maximum Gasteiger partial charge on any atom is 0.190 e. The summed E-state index contributed by atoms with van der Waals surface area (Å²) in [5, 5.41) is 3.62. The molecule has 64 valence electrons. The van der Waals surface area contributed by atoms with Gasteiger partial charge in [-0.3, -0.25) is 0 Å². The van der Waals surface area contributed by atoms with Gasteiger partial charge in [0.15, 0.2) is 5.76 Å². The summed E-state index contributed by atoms with van der Waals surface area (Å²) in [5.74, 6) is 0.938. The Morgan fingerprint density at radius 1 is 1.45 bits per heavy atom. The monoisotopic (exact) mass is 268 g/mol. The lowest BCUT2D eigenvalue weighted by Gasteiger charge is -2.21. The molecule has 0 aliphatic rings. The molecule has 4 heteroatoms. The number of aromatic nitrogens is 1. The van der Waals surface area contributed by atoms with Crippen molar-refractivity contribution >= 4 is 0 Å². The van der Waals surface area contributed by atoms with Crippen LogP contribution in [-0.4, -0.2) is 30.8 Å². The molecule has 1 aromatic rings. The molecule has 11 heavy (non-hydrogen) atoms. The minimum Gasteiger partial charge on any atom is -1.00 e. The molecule has 3 nitrogen and oxygen atoms in total. The van der Waals surface area contributed by atoms with Crippen LogP contribution in [0.5, 0.6) is 0 Å². The first kappa shape index (κ1) is 10.9. The molecule has 1 aromatic heterocycles. The second-order valence-electron chi connectivity index (χ2n) is 3.43. The molecule has 0 N–H and O–H groups in total. The lowest BCUT2D eigenvalue weighted by Crippen LogP contribution is -3.00. The van der Waals surface area contributed by atoms with E-state index in [2.05, 4.69) is 26.3 Å². The Morgan fingerprint density at radius 2 is 2.09 bits per heavy atom. The molecule has 0 saturated carbocycles. The third-order valence-electron chi connectivity index (χ3n) is 1.12. The van der Waals surface area contributed by atoms with E-state index >= 15 is 0 Å². The Labute approximate surface area is 84.0 Å². The van der Waals surface area contributed by atoms with Crippen LogP contribution in [0.3, 0.4) is 0 Å². The van der Waals surface area contributed by atoms with E-state index in [0.29, 0.717) is 0 Å². The van der Waals surface area contributed by atoms with Gasteiger partial charge in [-0.2, -0.15) is 0 Å². The molecule has 0 aliphatic heterocycles. The van der Waals surface area contributed by atoms with Crippen molar-refractivity contribution < 1.29 is 33.0 Å². The molecule has 0 aromatic carbocycles. The molecule has 1 heterocycles. The van der Waals surface area contributed by atoms with Crippen LogP contribution >= 0.6 is 0 Å². The Bertz CT molecular complexity index is 191. The Balaban J connectivity index is 0.000001000. The first-order chi connectivity index (χ1) is 4.58. The molecule has 0 amide bonds. The van der Waals surface area contributed by atoms with E-state index < -0.39 is 0 Å². The Hall–Kier alpha value is -0.100. The number of halogens is 1. The van der Waals surface area contributed by atoms with Gasteiger partial charge in [0.25, 0.3) is 0 Å². The maximum absolute atomic E-state index is 4.94. The summed E-state index contributed by atoms with van der Waals surface area (Å²) < 4.78 is 5.81. The van der Waals surface area contributed by atoms with Crippen LogP contribution in [-0.2, 0) is 6.54 Å². The van der Waals surface area contributed by atoms with Gasteiger partial charge < -0.3 is 33.0 Å². The number of rotatable bonds is 2. The van der Waals surface area contributed by atoms with Crippen molar-refractivity contribution in [3.8, 4) is 0 Å². The van der Waals surface area contributed by atoms with Gasteiger partial charge in [0.2, 0.25) is 0 Å². The fourth-order valence-corrected chi connectivity index (χ4v) is 0.791. The van der Waals surface area contributed by atoms with Crippen LogP contribution in [0.2, 0.25) is 0 Å². The van der Waals surface area contributed by atoms with Crippen molar-refractivity contribution in [2.24, 2.45) is 0 Å². The fraction of sp³-hybridized carbons (Fsp3) is 0.571. The molecule has 0 aliphatic carbocycles. The number of nitrogens with zero attached hydrogens (tertiary/aromatic N) is 2. The lowest BCUT2D eigenvalue weighted by molar-refractivity contribution is -0.885. The third-order valence-corrected chi connectivity index (χ3v) is 1.12. The molecule has 0 spiro atoms. The normalized spacial score (nSPS) is 10.8. The van der Waals surface area contributed by atoms with Gasteiger partial charge >= 0.3 is 0 Å². The third kappa shape index (κ3) is 4.36. The van der Waals surface area contributed by atoms with Crippen molar-refractivity contribution in [2.45, 2.75) is 6.54 Å². The van der Waals surface area contributed by atoms with Crippen LogP contribution in [0.15, 0.2) is 16.8 Å². The average Bonchev–Trinajstić information content (AvgIpc) is 2.12. The molecular weight excluding hydrogens is 255 g/mol. The van der Waals surface area contributed by atoms with Crippen LogP contribution in [0.25, 0.3) is 0 Å². The summed E-state index contributed by atoms with van der Waals surface area (Å²) in [7, 11) is 6.34. The topological polar surface area (TPSA) is 26.0 Å². The summed E-state index contributed by atoms with van der Waals surface area (Å²) in [5.41, 5.74) is 0. The molecule has 0 saturated heterocycles. The van der Waals surface area contributed by atoms with E-state index in [-0.39, 0.29) is 24.0 Å². The largest absolute Gasteiger partial charge is 1.00 e. The highest BCUT2D eigenvalue weighted by Crippen LogP contribution is 2.03. The second-order valence-corrected chi connectivity index (χ2v) is 3.43. The molecule has 0 radical (unpaired) electrons. The summed E-state index contributed by atoms with van der Waals surface area (Å²) in [6.45, 7) is 0.889. The van der Waals surface area contributed by atoms with Gasteiger partial charge in [0, 0.05) is 6.07 Å². The summed E-state index contributed by atoms with van der Waals surface area (Å²) in [6, 6.07) is 1.89. The quantitative estimate of drug-likeness (QED) is 0.453. The summed E-state index contributed by atoms with van der Waals surface area (Å²) >= 11 is 0. The average molecular weight is 268 g/mol. The minimum absolute atomic E-state index is 0. The van der Waals surface area contributed by atoms with Gasteiger partial charge in [-0.05, 0) is 0 Å². The van der Waals surface area contributed by atoms with E-state index in [4.69, 9.17) is 4.52 Å². The molecule has 0 fully saturated rings. The van der Waals surface area contributed by atoms with Gasteiger partial charge in [-0.1, -0.05) is 5.16 Å².